The largest absolute Gasteiger partial charge is 0.465 e. The molecule has 0 aliphatic heterocycles. The molecule has 0 atom stereocenters. The van der Waals surface area contributed by atoms with E-state index in [0.29, 0.717) is 12.1 Å². The molecule has 1 aromatic heterocycles. The lowest BCUT2D eigenvalue weighted by Crippen LogP contribution is -2.14. The van der Waals surface area contributed by atoms with Gasteiger partial charge in [-0.25, -0.2) is 13.6 Å². The minimum absolute atomic E-state index is 0.189. The second kappa shape index (κ2) is 6.48. The van der Waals surface area contributed by atoms with Gasteiger partial charge >= 0.3 is 5.97 Å². The van der Waals surface area contributed by atoms with Gasteiger partial charge in [0.05, 0.1) is 23.1 Å². The molecule has 120 valence electrons. The summed E-state index contributed by atoms with van der Waals surface area (Å²) in [5.41, 5.74) is -1.51. The smallest absolute Gasteiger partial charge is 0.348 e. The summed E-state index contributed by atoms with van der Waals surface area (Å²) in [5, 5.41) is 13.3. The second-order valence-electron chi connectivity index (χ2n) is 4.15. The monoisotopic (exact) mass is 342 g/mol. The van der Waals surface area contributed by atoms with Crippen LogP contribution in [0.5, 0.6) is 0 Å². The molecule has 1 amide bonds. The van der Waals surface area contributed by atoms with Crippen LogP contribution in [-0.2, 0) is 4.74 Å². The van der Waals surface area contributed by atoms with Crippen molar-refractivity contribution in [2.75, 3.05) is 12.4 Å². The third-order valence-corrected chi connectivity index (χ3v) is 3.69. The Morgan fingerprint density at radius 1 is 1.26 bits per heavy atom. The molecule has 0 saturated carbocycles. The number of nitrogens with zero attached hydrogens (tertiary/aromatic N) is 1. The van der Waals surface area contributed by atoms with Gasteiger partial charge in [0.25, 0.3) is 11.6 Å². The first kappa shape index (κ1) is 16.5. The Labute approximate surface area is 131 Å². The van der Waals surface area contributed by atoms with E-state index < -0.39 is 39.7 Å². The number of thiophene rings is 1. The van der Waals surface area contributed by atoms with Crippen LogP contribution in [0, 0.1) is 21.7 Å². The number of methoxy groups -OCH3 is 1. The number of halogens is 2. The van der Waals surface area contributed by atoms with Crippen LogP contribution in [0.4, 0.5) is 19.5 Å². The van der Waals surface area contributed by atoms with Crippen LogP contribution in [0.1, 0.15) is 20.0 Å². The van der Waals surface area contributed by atoms with E-state index in [2.05, 4.69) is 10.1 Å². The minimum atomic E-state index is -1.43. The number of benzene rings is 1. The first-order valence-electron chi connectivity index (χ1n) is 5.96. The normalized spacial score (nSPS) is 10.2. The van der Waals surface area contributed by atoms with Crippen molar-refractivity contribution >= 4 is 33.9 Å². The molecule has 0 aliphatic rings. The molecule has 7 nitrogen and oxygen atoms in total. The highest BCUT2D eigenvalue weighted by Gasteiger charge is 2.24. The molecule has 0 radical (unpaired) electrons. The lowest BCUT2D eigenvalue weighted by atomic mass is 10.1. The number of esters is 1. The van der Waals surface area contributed by atoms with Crippen molar-refractivity contribution in [2.24, 2.45) is 0 Å². The van der Waals surface area contributed by atoms with Gasteiger partial charge in [-0.3, -0.25) is 14.9 Å². The lowest BCUT2D eigenvalue weighted by molar-refractivity contribution is -0.385. The van der Waals surface area contributed by atoms with Gasteiger partial charge in [0.15, 0.2) is 11.6 Å². The summed E-state index contributed by atoms with van der Waals surface area (Å²) in [6.07, 6.45) is 0. The Kier molecular flexibility index (Phi) is 4.65. The standard InChI is InChI=1S/C13H8F2N2O5S/c1-22-13(19)10-2-3-11(23-10)16-12(18)6-4-7(14)8(15)5-9(6)17(20)21/h2-5H,1H3,(H,16,18). The van der Waals surface area contributed by atoms with Gasteiger partial charge in [-0.15, -0.1) is 11.3 Å². The molecule has 23 heavy (non-hydrogen) atoms. The molecular formula is C13H8F2N2O5S. The van der Waals surface area contributed by atoms with Crippen molar-refractivity contribution < 1.29 is 28.0 Å². The average molecular weight is 342 g/mol. The quantitative estimate of drug-likeness (QED) is 0.523. The zero-order chi connectivity index (χ0) is 17.1. The number of nitrogens with one attached hydrogen (secondary N) is 1. The molecule has 0 aliphatic carbocycles. The van der Waals surface area contributed by atoms with Crippen LogP contribution in [-0.4, -0.2) is 23.9 Å². The first-order valence-corrected chi connectivity index (χ1v) is 6.78. The first-order chi connectivity index (χ1) is 10.8. The van der Waals surface area contributed by atoms with Crippen molar-refractivity contribution in [3.63, 3.8) is 0 Å². The van der Waals surface area contributed by atoms with Crippen molar-refractivity contribution in [3.05, 3.63) is 56.5 Å². The number of nitro benzene ring substituents is 1. The van der Waals surface area contributed by atoms with E-state index in [1.165, 1.54) is 19.2 Å². The molecule has 0 fully saturated rings. The highest BCUT2D eigenvalue weighted by molar-refractivity contribution is 7.18. The fourth-order valence-electron chi connectivity index (χ4n) is 1.66. The van der Waals surface area contributed by atoms with Crippen molar-refractivity contribution in [2.45, 2.75) is 0 Å². The molecule has 0 unspecified atom stereocenters. The highest BCUT2D eigenvalue weighted by Crippen LogP contribution is 2.26. The number of amides is 1. The van der Waals surface area contributed by atoms with Crippen molar-refractivity contribution in [1.82, 2.24) is 0 Å². The Balaban J connectivity index is 2.30. The van der Waals surface area contributed by atoms with Gasteiger partial charge in [0.1, 0.15) is 10.4 Å². The molecular weight excluding hydrogens is 334 g/mol. The number of ether oxygens (including phenoxy) is 1. The van der Waals surface area contributed by atoms with Crippen LogP contribution >= 0.6 is 11.3 Å². The van der Waals surface area contributed by atoms with E-state index in [9.17, 15) is 28.5 Å². The molecule has 10 heteroatoms. The third kappa shape index (κ3) is 3.48. The zero-order valence-electron chi connectivity index (χ0n) is 11.5. The average Bonchev–Trinajstić information content (AvgIpc) is 2.96. The summed E-state index contributed by atoms with van der Waals surface area (Å²) in [6.45, 7) is 0. The Bertz CT molecular complexity index is 806. The van der Waals surface area contributed by atoms with Gasteiger partial charge in [-0.2, -0.15) is 0 Å². The lowest BCUT2D eigenvalue weighted by Gasteiger charge is -2.04. The predicted octanol–water partition coefficient (Wildman–Crippen LogP) is 2.97. The summed E-state index contributed by atoms with van der Waals surface area (Å²) >= 11 is 0.866. The zero-order valence-corrected chi connectivity index (χ0v) is 12.3. The minimum Gasteiger partial charge on any atom is -0.465 e. The molecule has 0 spiro atoms. The molecule has 0 saturated heterocycles. The van der Waals surface area contributed by atoms with Gasteiger partial charge in [0.2, 0.25) is 0 Å². The van der Waals surface area contributed by atoms with Crippen LogP contribution < -0.4 is 5.32 Å². The fraction of sp³-hybridized carbons (Fsp3) is 0.0769. The Morgan fingerprint density at radius 3 is 2.52 bits per heavy atom. The molecule has 1 heterocycles. The summed E-state index contributed by atoms with van der Waals surface area (Å²) in [5.74, 6) is -4.44. The maximum Gasteiger partial charge on any atom is 0.348 e. The van der Waals surface area contributed by atoms with Crippen LogP contribution in [0.15, 0.2) is 24.3 Å². The highest BCUT2D eigenvalue weighted by atomic mass is 32.1. The second-order valence-corrected chi connectivity index (χ2v) is 5.23. The Hall–Kier alpha value is -2.88. The van der Waals surface area contributed by atoms with Crippen molar-refractivity contribution in [3.8, 4) is 0 Å². The summed E-state index contributed by atoms with van der Waals surface area (Å²) in [7, 11) is 1.19. The van der Waals surface area contributed by atoms with Gasteiger partial charge in [0, 0.05) is 0 Å². The SMILES string of the molecule is COC(=O)c1ccc(NC(=O)c2cc(F)c(F)cc2[N+](=O)[O-])s1. The number of anilines is 1. The summed E-state index contributed by atoms with van der Waals surface area (Å²) in [4.78, 5) is 33.4. The number of hydrogen-bond donors (Lipinski definition) is 1. The molecule has 2 rings (SSSR count). The summed E-state index contributed by atoms with van der Waals surface area (Å²) < 4.78 is 30.8. The number of nitro groups is 1. The fourth-order valence-corrected chi connectivity index (χ4v) is 2.48. The maximum atomic E-state index is 13.2. The van der Waals surface area contributed by atoms with Gasteiger partial charge in [-0.05, 0) is 18.2 Å². The number of rotatable bonds is 4. The van der Waals surface area contributed by atoms with E-state index in [4.69, 9.17) is 0 Å². The number of carbonyl (C=O) groups is 2. The molecule has 0 bridgehead atoms. The molecule has 1 aromatic carbocycles. The van der Waals surface area contributed by atoms with Crippen LogP contribution in [0.2, 0.25) is 0 Å². The maximum absolute atomic E-state index is 13.2. The third-order valence-electron chi connectivity index (χ3n) is 2.71. The summed E-state index contributed by atoms with van der Waals surface area (Å²) in [6, 6.07) is 3.53. The Morgan fingerprint density at radius 2 is 1.91 bits per heavy atom. The number of carbonyl (C=O) groups excluding carboxylic acids is 2. The van der Waals surface area contributed by atoms with Crippen LogP contribution in [0.3, 0.4) is 0 Å². The van der Waals surface area contributed by atoms with E-state index in [0.717, 1.165) is 11.3 Å². The van der Waals surface area contributed by atoms with Gasteiger partial charge < -0.3 is 10.1 Å². The molecule has 2 aromatic rings. The van der Waals surface area contributed by atoms with E-state index in [1.54, 1.807) is 0 Å². The van der Waals surface area contributed by atoms with Gasteiger partial charge in [-0.1, -0.05) is 0 Å². The van der Waals surface area contributed by atoms with E-state index in [-0.39, 0.29) is 9.88 Å². The van der Waals surface area contributed by atoms with Crippen LogP contribution in [0.25, 0.3) is 0 Å². The predicted molar refractivity (Wildman–Crippen MR) is 76.6 cm³/mol. The topological polar surface area (TPSA) is 98.5 Å². The van der Waals surface area contributed by atoms with E-state index in [1.807, 2.05) is 0 Å². The van der Waals surface area contributed by atoms with Crippen molar-refractivity contribution in [1.29, 1.82) is 0 Å². The van der Waals surface area contributed by atoms with E-state index >= 15 is 0 Å². The number of hydrogen-bond acceptors (Lipinski definition) is 6. The molecule has 1 N–H and O–H groups in total.